The van der Waals surface area contributed by atoms with Crippen molar-refractivity contribution in [3.8, 4) is 0 Å². The van der Waals surface area contributed by atoms with Gasteiger partial charge in [0, 0.05) is 24.8 Å². The molecule has 3 heterocycles. The first-order valence-electron chi connectivity index (χ1n) is 8.28. The Balaban J connectivity index is 1.60. The van der Waals surface area contributed by atoms with Gasteiger partial charge in [-0.25, -0.2) is 4.98 Å². The first kappa shape index (κ1) is 14.2. The molecule has 5 heteroatoms. The fourth-order valence-electron chi connectivity index (χ4n) is 3.52. The van der Waals surface area contributed by atoms with E-state index in [0.29, 0.717) is 11.7 Å². The lowest BCUT2D eigenvalue weighted by Crippen LogP contribution is -2.27. The number of rotatable bonds is 2. The average Bonchev–Trinajstić information content (AvgIpc) is 2.90. The molecule has 0 saturated carbocycles. The minimum absolute atomic E-state index is 0.648. The van der Waals surface area contributed by atoms with E-state index in [9.17, 15) is 0 Å². The Kier molecular flexibility index (Phi) is 3.69. The van der Waals surface area contributed by atoms with Crippen LogP contribution in [0.3, 0.4) is 0 Å². The summed E-state index contributed by atoms with van der Waals surface area (Å²) in [4.78, 5) is 11.1. The Morgan fingerprint density at radius 1 is 1.09 bits per heavy atom. The van der Waals surface area contributed by atoms with Crippen LogP contribution in [0.5, 0.6) is 0 Å². The highest BCUT2D eigenvalue weighted by Gasteiger charge is 2.20. The second-order valence-electron chi connectivity index (χ2n) is 6.25. The van der Waals surface area contributed by atoms with Crippen molar-refractivity contribution in [2.24, 2.45) is 0 Å². The van der Waals surface area contributed by atoms with Crippen LogP contribution in [-0.4, -0.2) is 32.7 Å². The van der Waals surface area contributed by atoms with E-state index in [2.05, 4.69) is 56.4 Å². The number of aryl methyl sites for hydroxylation is 1. The van der Waals surface area contributed by atoms with Crippen molar-refractivity contribution in [1.29, 1.82) is 0 Å². The topological polar surface area (TPSA) is 46.3 Å². The summed E-state index contributed by atoms with van der Waals surface area (Å²) in [5.41, 5.74) is 2.45. The third-order valence-electron chi connectivity index (χ3n) is 4.68. The lowest BCUT2D eigenvalue weighted by Gasteiger charge is -2.23. The van der Waals surface area contributed by atoms with Crippen LogP contribution in [0, 0.1) is 6.92 Å². The molecule has 1 fully saturated rings. The third kappa shape index (κ3) is 2.79. The van der Waals surface area contributed by atoms with Gasteiger partial charge in [0.1, 0.15) is 12.1 Å². The molecule has 0 bridgehead atoms. The zero-order chi connectivity index (χ0) is 15.6. The van der Waals surface area contributed by atoms with Crippen LogP contribution in [0.2, 0.25) is 0 Å². The quantitative estimate of drug-likeness (QED) is 0.729. The molecule has 3 aromatic rings. The molecule has 0 aliphatic carbocycles. The molecule has 1 aliphatic heterocycles. The van der Waals surface area contributed by atoms with Gasteiger partial charge in [-0.3, -0.25) is 0 Å². The van der Waals surface area contributed by atoms with E-state index in [1.807, 2.05) is 11.4 Å². The van der Waals surface area contributed by atoms with E-state index >= 15 is 0 Å². The van der Waals surface area contributed by atoms with Crippen molar-refractivity contribution in [2.45, 2.75) is 32.1 Å². The van der Waals surface area contributed by atoms with Crippen molar-refractivity contribution in [3.63, 3.8) is 0 Å². The predicted octanol–water partition coefficient (Wildman–Crippen LogP) is 3.21. The molecule has 1 unspecified atom stereocenters. The minimum Gasteiger partial charge on any atom is -0.356 e. The van der Waals surface area contributed by atoms with Crippen molar-refractivity contribution in [3.05, 3.63) is 54.0 Å². The molecule has 1 aromatic carbocycles. The van der Waals surface area contributed by atoms with Gasteiger partial charge in [-0.15, -0.1) is 0 Å². The molecule has 1 saturated heterocycles. The monoisotopic (exact) mass is 307 g/mol. The molecule has 5 nitrogen and oxygen atoms in total. The van der Waals surface area contributed by atoms with Crippen LogP contribution in [0.4, 0.5) is 5.82 Å². The van der Waals surface area contributed by atoms with Crippen molar-refractivity contribution in [2.75, 3.05) is 18.0 Å². The Bertz CT molecular complexity index is 796. The Hall–Kier alpha value is -2.43. The second-order valence-corrected chi connectivity index (χ2v) is 6.25. The molecule has 0 N–H and O–H groups in total. The number of hydrogen-bond donors (Lipinski definition) is 0. The second kappa shape index (κ2) is 5.99. The third-order valence-corrected chi connectivity index (χ3v) is 4.68. The Morgan fingerprint density at radius 3 is 2.83 bits per heavy atom. The van der Waals surface area contributed by atoms with Gasteiger partial charge in [0.2, 0.25) is 0 Å². The zero-order valence-corrected chi connectivity index (χ0v) is 13.4. The number of anilines is 1. The minimum atomic E-state index is 0.648. The van der Waals surface area contributed by atoms with Gasteiger partial charge in [0.15, 0.2) is 0 Å². The summed E-state index contributed by atoms with van der Waals surface area (Å²) in [6.07, 6.45) is 5.18. The first-order chi connectivity index (χ1) is 11.3. The maximum Gasteiger partial charge on any atom is 0.254 e. The van der Waals surface area contributed by atoms with Gasteiger partial charge in [-0.1, -0.05) is 30.3 Å². The van der Waals surface area contributed by atoms with E-state index in [-0.39, 0.29) is 0 Å². The Morgan fingerprint density at radius 2 is 1.96 bits per heavy atom. The average molecular weight is 307 g/mol. The molecule has 118 valence electrons. The predicted molar refractivity (Wildman–Crippen MR) is 90.8 cm³/mol. The van der Waals surface area contributed by atoms with Gasteiger partial charge in [-0.05, 0) is 37.7 Å². The van der Waals surface area contributed by atoms with E-state index in [1.165, 1.54) is 24.8 Å². The SMILES string of the molecule is Cc1cc(N2CCCC(c3ccccc3)CC2)n2ncnc2n1. The maximum absolute atomic E-state index is 4.44. The molecular weight excluding hydrogens is 286 g/mol. The number of hydrogen-bond acceptors (Lipinski definition) is 4. The van der Waals surface area contributed by atoms with E-state index in [1.54, 1.807) is 6.33 Å². The van der Waals surface area contributed by atoms with Crippen molar-refractivity contribution >= 4 is 11.6 Å². The summed E-state index contributed by atoms with van der Waals surface area (Å²) in [5.74, 6) is 2.44. The molecule has 1 atom stereocenters. The van der Waals surface area contributed by atoms with Crippen LogP contribution in [0.15, 0.2) is 42.7 Å². The molecule has 0 amide bonds. The van der Waals surface area contributed by atoms with Crippen LogP contribution in [-0.2, 0) is 0 Å². The largest absolute Gasteiger partial charge is 0.356 e. The van der Waals surface area contributed by atoms with Crippen LogP contribution in [0.25, 0.3) is 5.78 Å². The Labute approximate surface area is 136 Å². The van der Waals surface area contributed by atoms with Gasteiger partial charge >= 0.3 is 0 Å². The van der Waals surface area contributed by atoms with Gasteiger partial charge in [0.25, 0.3) is 5.78 Å². The fourth-order valence-corrected chi connectivity index (χ4v) is 3.52. The summed E-state index contributed by atoms with van der Waals surface area (Å²) >= 11 is 0. The van der Waals surface area contributed by atoms with E-state index < -0.39 is 0 Å². The van der Waals surface area contributed by atoms with E-state index in [4.69, 9.17) is 0 Å². The lowest BCUT2D eigenvalue weighted by atomic mass is 9.92. The number of fused-ring (bicyclic) bond motifs is 1. The summed E-state index contributed by atoms with van der Waals surface area (Å²) < 4.78 is 1.86. The normalized spacial score (nSPS) is 19.0. The highest BCUT2D eigenvalue weighted by atomic mass is 15.4. The maximum atomic E-state index is 4.44. The number of aromatic nitrogens is 4. The molecule has 23 heavy (non-hydrogen) atoms. The standard InChI is InChI=1S/C18H21N5/c1-14-12-17(23-18(21-14)19-13-20-23)22-10-5-8-16(9-11-22)15-6-3-2-4-7-15/h2-4,6-7,12-13,16H,5,8-11H2,1H3. The smallest absolute Gasteiger partial charge is 0.254 e. The molecular formula is C18H21N5. The number of benzene rings is 1. The van der Waals surface area contributed by atoms with Crippen LogP contribution < -0.4 is 4.90 Å². The lowest BCUT2D eigenvalue weighted by molar-refractivity contribution is 0.611. The highest BCUT2D eigenvalue weighted by Crippen LogP contribution is 2.29. The summed E-state index contributed by atoms with van der Waals surface area (Å²) in [6.45, 7) is 4.11. The van der Waals surface area contributed by atoms with Crippen LogP contribution >= 0.6 is 0 Å². The zero-order valence-electron chi connectivity index (χ0n) is 13.4. The summed E-state index contributed by atoms with van der Waals surface area (Å²) in [7, 11) is 0. The summed E-state index contributed by atoms with van der Waals surface area (Å²) in [5, 5.41) is 4.34. The number of nitrogens with zero attached hydrogens (tertiary/aromatic N) is 5. The van der Waals surface area contributed by atoms with Crippen molar-refractivity contribution in [1.82, 2.24) is 19.6 Å². The van der Waals surface area contributed by atoms with Crippen molar-refractivity contribution < 1.29 is 0 Å². The molecule has 0 spiro atoms. The molecule has 0 radical (unpaired) electrons. The molecule has 1 aliphatic rings. The van der Waals surface area contributed by atoms with Gasteiger partial charge in [0.05, 0.1) is 0 Å². The van der Waals surface area contributed by atoms with E-state index in [0.717, 1.165) is 24.6 Å². The van der Waals surface area contributed by atoms with Gasteiger partial charge < -0.3 is 4.90 Å². The first-order valence-corrected chi connectivity index (χ1v) is 8.28. The molecule has 2 aromatic heterocycles. The highest BCUT2D eigenvalue weighted by molar-refractivity contribution is 5.47. The van der Waals surface area contributed by atoms with Gasteiger partial charge in [-0.2, -0.15) is 14.6 Å². The summed E-state index contributed by atoms with van der Waals surface area (Å²) in [6, 6.07) is 13.0. The van der Waals surface area contributed by atoms with Crippen LogP contribution in [0.1, 0.15) is 36.4 Å². The fraction of sp³-hybridized carbons (Fsp3) is 0.389. The molecule has 4 rings (SSSR count).